The molecule has 0 radical (unpaired) electrons. The van der Waals surface area contributed by atoms with E-state index in [4.69, 9.17) is 10.5 Å². The summed E-state index contributed by atoms with van der Waals surface area (Å²) in [6.07, 6.45) is 0. The predicted molar refractivity (Wildman–Crippen MR) is 86.1 cm³/mol. The van der Waals surface area contributed by atoms with Crippen molar-refractivity contribution in [3.63, 3.8) is 0 Å². The van der Waals surface area contributed by atoms with E-state index in [-0.39, 0.29) is 0 Å². The van der Waals surface area contributed by atoms with Crippen molar-refractivity contribution >= 4 is 26.7 Å². The first kappa shape index (κ1) is 13.2. The lowest BCUT2D eigenvalue weighted by atomic mass is 10.1. The zero-order chi connectivity index (χ0) is 13.9. The molecule has 0 unspecified atom stereocenters. The van der Waals surface area contributed by atoms with Gasteiger partial charge in [0.2, 0.25) is 0 Å². The number of hydrogen-bond donors (Lipinski definition) is 1. The second-order valence-electron chi connectivity index (χ2n) is 4.60. The van der Waals surface area contributed by atoms with Crippen molar-refractivity contribution in [3.8, 4) is 11.5 Å². The summed E-state index contributed by atoms with van der Waals surface area (Å²) in [5, 5.41) is 2.34. The highest BCUT2D eigenvalue weighted by atomic mass is 79.9. The van der Waals surface area contributed by atoms with Crippen LogP contribution in [0.1, 0.15) is 5.56 Å². The van der Waals surface area contributed by atoms with E-state index in [1.165, 1.54) is 5.39 Å². The second-order valence-corrected chi connectivity index (χ2v) is 5.52. The molecule has 0 atom stereocenters. The zero-order valence-corrected chi connectivity index (χ0v) is 12.4. The van der Waals surface area contributed by atoms with Gasteiger partial charge >= 0.3 is 0 Å². The third kappa shape index (κ3) is 2.84. The largest absolute Gasteiger partial charge is 0.457 e. The van der Waals surface area contributed by atoms with Crippen LogP contribution in [-0.4, -0.2) is 0 Å². The molecule has 0 bridgehead atoms. The molecule has 100 valence electrons. The maximum Gasteiger partial charge on any atom is 0.128 e. The molecule has 0 saturated heterocycles. The fraction of sp³-hybridized carbons (Fsp3) is 0.0588. The van der Waals surface area contributed by atoms with E-state index in [0.717, 1.165) is 26.9 Å². The van der Waals surface area contributed by atoms with Crippen molar-refractivity contribution < 1.29 is 4.74 Å². The molecule has 0 spiro atoms. The van der Waals surface area contributed by atoms with E-state index in [2.05, 4.69) is 34.1 Å². The lowest BCUT2D eigenvalue weighted by Crippen LogP contribution is -1.95. The molecule has 20 heavy (non-hydrogen) atoms. The van der Waals surface area contributed by atoms with Gasteiger partial charge < -0.3 is 10.5 Å². The van der Waals surface area contributed by atoms with Crippen LogP contribution in [0.4, 0.5) is 0 Å². The maximum absolute atomic E-state index is 5.86. The van der Waals surface area contributed by atoms with Crippen LogP contribution in [0, 0.1) is 0 Å². The number of rotatable bonds is 3. The van der Waals surface area contributed by atoms with Crippen LogP contribution < -0.4 is 10.5 Å². The van der Waals surface area contributed by atoms with Crippen LogP contribution in [-0.2, 0) is 6.54 Å². The highest BCUT2D eigenvalue weighted by Crippen LogP contribution is 2.27. The van der Waals surface area contributed by atoms with Crippen molar-refractivity contribution in [2.24, 2.45) is 5.73 Å². The summed E-state index contributed by atoms with van der Waals surface area (Å²) in [6.45, 7) is 0.547. The van der Waals surface area contributed by atoms with Gasteiger partial charge in [-0.2, -0.15) is 0 Å². The van der Waals surface area contributed by atoms with Crippen molar-refractivity contribution in [2.45, 2.75) is 6.54 Å². The second kappa shape index (κ2) is 5.65. The molecule has 0 aliphatic heterocycles. The summed E-state index contributed by atoms with van der Waals surface area (Å²) in [6, 6.07) is 20.1. The summed E-state index contributed by atoms with van der Waals surface area (Å²) >= 11 is 3.48. The van der Waals surface area contributed by atoms with Gasteiger partial charge in [-0.25, -0.2) is 0 Å². The molecule has 0 fully saturated rings. The molecule has 0 heterocycles. The van der Waals surface area contributed by atoms with Gasteiger partial charge in [0, 0.05) is 11.0 Å². The summed E-state index contributed by atoms with van der Waals surface area (Å²) < 4.78 is 6.94. The topological polar surface area (TPSA) is 35.2 Å². The Morgan fingerprint density at radius 1 is 0.800 bits per heavy atom. The normalized spacial score (nSPS) is 10.7. The maximum atomic E-state index is 5.86. The van der Waals surface area contributed by atoms with E-state index >= 15 is 0 Å². The molecule has 3 aromatic rings. The Morgan fingerprint density at radius 3 is 2.20 bits per heavy atom. The van der Waals surface area contributed by atoms with Gasteiger partial charge in [-0.05, 0) is 52.7 Å². The van der Waals surface area contributed by atoms with Gasteiger partial charge in [-0.3, -0.25) is 0 Å². The number of fused-ring (bicyclic) bond motifs is 1. The van der Waals surface area contributed by atoms with Gasteiger partial charge in [0.1, 0.15) is 11.5 Å². The van der Waals surface area contributed by atoms with Gasteiger partial charge in [-0.1, -0.05) is 40.2 Å². The van der Waals surface area contributed by atoms with E-state index in [0.29, 0.717) is 6.54 Å². The lowest BCUT2D eigenvalue weighted by Gasteiger charge is -2.08. The third-order valence-corrected chi connectivity index (χ3v) is 3.66. The first-order chi connectivity index (χ1) is 9.74. The molecule has 3 aromatic carbocycles. The summed E-state index contributed by atoms with van der Waals surface area (Å²) in [7, 11) is 0. The first-order valence-electron chi connectivity index (χ1n) is 6.41. The standard InChI is InChI=1S/C17H14BrNO/c18-15-5-3-14-10-17(8-4-13(14)9-15)20-16-6-1-12(11-19)2-7-16/h1-10H,11,19H2. The van der Waals surface area contributed by atoms with E-state index in [1.54, 1.807) is 0 Å². The highest BCUT2D eigenvalue weighted by molar-refractivity contribution is 9.10. The Morgan fingerprint density at radius 2 is 1.45 bits per heavy atom. The summed E-state index contributed by atoms with van der Waals surface area (Å²) in [5.74, 6) is 1.65. The van der Waals surface area contributed by atoms with Gasteiger partial charge in [0.25, 0.3) is 0 Å². The molecular weight excluding hydrogens is 314 g/mol. The fourth-order valence-corrected chi connectivity index (χ4v) is 2.47. The molecule has 2 nitrogen and oxygen atoms in total. The molecule has 0 aliphatic carbocycles. The molecule has 3 heteroatoms. The van der Waals surface area contributed by atoms with E-state index in [1.807, 2.05) is 42.5 Å². The molecule has 0 amide bonds. The highest BCUT2D eigenvalue weighted by Gasteiger charge is 2.00. The van der Waals surface area contributed by atoms with Crippen LogP contribution in [0.3, 0.4) is 0 Å². The monoisotopic (exact) mass is 327 g/mol. The van der Waals surface area contributed by atoms with Crippen LogP contribution in [0.25, 0.3) is 10.8 Å². The van der Waals surface area contributed by atoms with Crippen molar-refractivity contribution in [3.05, 3.63) is 70.7 Å². The zero-order valence-electron chi connectivity index (χ0n) is 10.8. The van der Waals surface area contributed by atoms with Gasteiger partial charge in [0.15, 0.2) is 0 Å². The van der Waals surface area contributed by atoms with Gasteiger partial charge in [0.05, 0.1) is 0 Å². The van der Waals surface area contributed by atoms with Gasteiger partial charge in [-0.15, -0.1) is 0 Å². The van der Waals surface area contributed by atoms with Crippen LogP contribution in [0.15, 0.2) is 65.1 Å². The minimum Gasteiger partial charge on any atom is -0.457 e. The molecule has 2 N–H and O–H groups in total. The quantitative estimate of drug-likeness (QED) is 0.746. The molecule has 3 rings (SSSR count). The summed E-state index contributed by atoms with van der Waals surface area (Å²) in [4.78, 5) is 0. The van der Waals surface area contributed by atoms with Crippen LogP contribution >= 0.6 is 15.9 Å². The predicted octanol–water partition coefficient (Wildman–Crippen LogP) is 4.85. The number of hydrogen-bond acceptors (Lipinski definition) is 2. The summed E-state index contributed by atoms with van der Waals surface area (Å²) in [5.41, 5.74) is 6.68. The number of halogens is 1. The molecule has 0 saturated carbocycles. The average Bonchev–Trinajstić information content (AvgIpc) is 2.48. The Balaban J connectivity index is 1.88. The number of ether oxygens (including phenoxy) is 1. The fourth-order valence-electron chi connectivity index (χ4n) is 2.09. The Hall–Kier alpha value is -1.84. The minimum atomic E-state index is 0.547. The first-order valence-corrected chi connectivity index (χ1v) is 7.20. The molecule has 0 aromatic heterocycles. The van der Waals surface area contributed by atoms with Crippen LogP contribution in [0.5, 0.6) is 11.5 Å². The lowest BCUT2D eigenvalue weighted by molar-refractivity contribution is 0.483. The van der Waals surface area contributed by atoms with Crippen molar-refractivity contribution in [1.29, 1.82) is 0 Å². The SMILES string of the molecule is NCc1ccc(Oc2ccc3cc(Br)ccc3c2)cc1. The Labute approximate surface area is 126 Å². The van der Waals surface area contributed by atoms with Crippen molar-refractivity contribution in [2.75, 3.05) is 0 Å². The van der Waals surface area contributed by atoms with E-state index in [9.17, 15) is 0 Å². The number of benzene rings is 3. The third-order valence-electron chi connectivity index (χ3n) is 3.17. The smallest absolute Gasteiger partial charge is 0.128 e. The van der Waals surface area contributed by atoms with E-state index < -0.39 is 0 Å². The van der Waals surface area contributed by atoms with Crippen molar-refractivity contribution in [1.82, 2.24) is 0 Å². The Kier molecular flexibility index (Phi) is 3.72. The molecule has 0 aliphatic rings. The molecular formula is C17H14BrNO. The van der Waals surface area contributed by atoms with Crippen LogP contribution in [0.2, 0.25) is 0 Å². The minimum absolute atomic E-state index is 0.547. The number of nitrogens with two attached hydrogens (primary N) is 1. The average molecular weight is 328 g/mol. The Bertz CT molecular complexity index is 738.